The highest BCUT2D eigenvalue weighted by atomic mass is 19.1. The van der Waals surface area contributed by atoms with E-state index in [0.717, 1.165) is 0 Å². The Bertz CT molecular complexity index is 1420. The smallest absolute Gasteiger partial charge is 0.314 e. The van der Waals surface area contributed by atoms with Crippen LogP contribution >= 0.6 is 0 Å². The van der Waals surface area contributed by atoms with Crippen LogP contribution in [0.15, 0.2) is 66.9 Å². The zero-order valence-corrected chi connectivity index (χ0v) is 20.3. The number of carbonyl (C=O) groups excluding carboxylic acids is 1. The SMILES string of the molecule is CC1(C(=O)O)COC(c2nc(-c3ccc(F)cc3)c(-c3ccnc(N)n3)[nH]2)OC1.NC(=O)c1ccccc1. The maximum Gasteiger partial charge on any atom is 0.314 e. The minimum atomic E-state index is -1.13. The molecule has 196 valence electrons. The van der Waals surface area contributed by atoms with Gasteiger partial charge in [0.2, 0.25) is 18.1 Å². The van der Waals surface area contributed by atoms with Gasteiger partial charge in [-0.25, -0.2) is 19.3 Å². The van der Waals surface area contributed by atoms with E-state index < -0.39 is 17.7 Å². The number of nitrogens with zero attached hydrogens (tertiary/aromatic N) is 3. The summed E-state index contributed by atoms with van der Waals surface area (Å²) in [6, 6.07) is 16.3. The van der Waals surface area contributed by atoms with Crippen molar-refractivity contribution in [1.29, 1.82) is 0 Å². The molecular formula is C26H25FN6O5. The number of hydrogen-bond donors (Lipinski definition) is 4. The quantitative estimate of drug-likeness (QED) is 0.307. The Balaban J connectivity index is 0.000000317. The number of aromatic nitrogens is 4. The number of carboxylic acid groups (broad SMARTS) is 1. The average Bonchev–Trinajstić information content (AvgIpc) is 3.36. The molecule has 1 saturated heterocycles. The fourth-order valence-electron chi connectivity index (χ4n) is 3.51. The van der Waals surface area contributed by atoms with Gasteiger partial charge in [-0.3, -0.25) is 9.59 Å². The molecule has 0 saturated carbocycles. The monoisotopic (exact) mass is 520 g/mol. The van der Waals surface area contributed by atoms with E-state index in [9.17, 15) is 19.1 Å². The number of imidazole rings is 1. The van der Waals surface area contributed by atoms with Crippen molar-refractivity contribution in [1.82, 2.24) is 19.9 Å². The predicted molar refractivity (Wildman–Crippen MR) is 135 cm³/mol. The average molecular weight is 521 g/mol. The number of H-pyrrole nitrogens is 1. The first kappa shape index (κ1) is 26.4. The molecule has 0 spiro atoms. The topological polar surface area (TPSA) is 179 Å². The summed E-state index contributed by atoms with van der Waals surface area (Å²) in [6.07, 6.45) is 0.632. The lowest BCUT2D eigenvalue weighted by Gasteiger charge is -2.33. The van der Waals surface area contributed by atoms with E-state index in [4.69, 9.17) is 20.9 Å². The molecule has 1 amide bonds. The molecule has 5 rings (SSSR count). The number of halogens is 1. The van der Waals surface area contributed by atoms with Crippen LogP contribution in [0.5, 0.6) is 0 Å². The lowest BCUT2D eigenvalue weighted by Crippen LogP contribution is -2.42. The summed E-state index contributed by atoms with van der Waals surface area (Å²) >= 11 is 0. The number of carboxylic acids is 1. The number of primary amides is 1. The van der Waals surface area contributed by atoms with Crippen molar-refractivity contribution in [3.05, 3.63) is 84.1 Å². The van der Waals surface area contributed by atoms with Gasteiger partial charge in [0.1, 0.15) is 11.2 Å². The summed E-state index contributed by atoms with van der Waals surface area (Å²) in [7, 11) is 0. The summed E-state index contributed by atoms with van der Waals surface area (Å²) in [5.41, 5.74) is 12.3. The molecule has 0 aliphatic carbocycles. The molecule has 2 aromatic heterocycles. The summed E-state index contributed by atoms with van der Waals surface area (Å²) in [5, 5.41) is 9.31. The number of anilines is 1. The molecule has 0 bridgehead atoms. The first-order valence-electron chi connectivity index (χ1n) is 11.4. The van der Waals surface area contributed by atoms with Crippen LogP contribution in [0.1, 0.15) is 29.4 Å². The number of ether oxygens (including phenoxy) is 2. The lowest BCUT2D eigenvalue weighted by molar-refractivity contribution is -0.236. The van der Waals surface area contributed by atoms with Crippen molar-refractivity contribution in [3.8, 4) is 22.6 Å². The number of aromatic amines is 1. The van der Waals surface area contributed by atoms with Crippen molar-refractivity contribution in [3.63, 3.8) is 0 Å². The second kappa shape index (κ2) is 11.2. The third-order valence-electron chi connectivity index (χ3n) is 5.67. The van der Waals surface area contributed by atoms with Gasteiger partial charge in [-0.15, -0.1) is 0 Å². The molecule has 3 heterocycles. The van der Waals surface area contributed by atoms with Gasteiger partial charge in [0.25, 0.3) is 0 Å². The number of nitrogen functional groups attached to an aromatic ring is 1. The normalized spacial score (nSPS) is 18.7. The number of hydrogen-bond acceptors (Lipinski definition) is 8. The number of aliphatic carboxylic acids is 1. The van der Waals surface area contributed by atoms with Crippen molar-refractivity contribution < 1.29 is 28.6 Å². The molecule has 11 nitrogen and oxygen atoms in total. The maximum absolute atomic E-state index is 13.4. The maximum atomic E-state index is 13.4. The van der Waals surface area contributed by atoms with Crippen molar-refractivity contribution in [2.75, 3.05) is 18.9 Å². The van der Waals surface area contributed by atoms with Crippen molar-refractivity contribution in [2.45, 2.75) is 13.2 Å². The van der Waals surface area contributed by atoms with Crippen LogP contribution in [0.25, 0.3) is 22.6 Å². The third kappa shape index (κ3) is 5.99. The number of rotatable bonds is 5. The Hall–Kier alpha value is -4.68. The largest absolute Gasteiger partial charge is 0.481 e. The van der Waals surface area contributed by atoms with Crippen molar-refractivity contribution >= 4 is 17.8 Å². The van der Waals surface area contributed by atoms with Crippen LogP contribution in [-0.2, 0) is 14.3 Å². The van der Waals surface area contributed by atoms with E-state index in [1.165, 1.54) is 18.3 Å². The molecule has 6 N–H and O–H groups in total. The fraction of sp³-hybridized carbons (Fsp3) is 0.192. The summed E-state index contributed by atoms with van der Waals surface area (Å²) in [4.78, 5) is 37.6. The molecule has 0 radical (unpaired) electrons. The molecule has 1 aliphatic heterocycles. The highest BCUT2D eigenvalue weighted by molar-refractivity contribution is 5.92. The molecule has 0 unspecified atom stereocenters. The predicted octanol–water partition coefficient (Wildman–Crippen LogP) is 3.18. The van der Waals surface area contributed by atoms with E-state index in [0.29, 0.717) is 34.0 Å². The lowest BCUT2D eigenvalue weighted by atomic mass is 9.92. The fourth-order valence-corrected chi connectivity index (χ4v) is 3.51. The Kier molecular flexibility index (Phi) is 7.74. The molecule has 2 aromatic carbocycles. The molecule has 12 heteroatoms. The van der Waals surface area contributed by atoms with E-state index >= 15 is 0 Å². The first-order valence-corrected chi connectivity index (χ1v) is 11.4. The second-order valence-corrected chi connectivity index (χ2v) is 8.70. The van der Waals surface area contributed by atoms with E-state index in [2.05, 4.69) is 19.9 Å². The molecule has 4 aromatic rings. The van der Waals surface area contributed by atoms with Gasteiger partial charge in [0.15, 0.2) is 5.82 Å². The Morgan fingerprint density at radius 1 is 1.05 bits per heavy atom. The van der Waals surface area contributed by atoms with Crippen LogP contribution in [0.2, 0.25) is 0 Å². The standard InChI is InChI=1S/C19H18FN5O4.C7H7NO/c1-19(17(26)27)8-28-16(29-9-19)15-24-13(10-2-4-11(20)5-3-10)14(25-15)12-6-7-22-18(21)23-12;8-7(9)6-4-2-1-3-5-6/h2-7,16H,8-9H2,1H3,(H,24,25)(H,26,27)(H2,21,22,23);1-5H,(H2,8,9). The molecule has 1 aliphatic rings. The number of nitrogens with one attached hydrogen (secondary N) is 1. The number of carbonyl (C=O) groups is 2. The van der Waals surface area contributed by atoms with Gasteiger partial charge in [0, 0.05) is 17.3 Å². The number of amides is 1. The zero-order valence-electron chi connectivity index (χ0n) is 20.3. The van der Waals surface area contributed by atoms with Crippen LogP contribution in [0.3, 0.4) is 0 Å². The van der Waals surface area contributed by atoms with Gasteiger partial charge in [0.05, 0.1) is 30.3 Å². The molecular weight excluding hydrogens is 495 g/mol. The van der Waals surface area contributed by atoms with Crippen LogP contribution in [0, 0.1) is 11.2 Å². The highest BCUT2D eigenvalue weighted by Crippen LogP contribution is 2.35. The van der Waals surface area contributed by atoms with Gasteiger partial charge in [-0.05, 0) is 49.4 Å². The third-order valence-corrected chi connectivity index (χ3v) is 5.67. The van der Waals surface area contributed by atoms with Crippen LogP contribution in [0.4, 0.5) is 10.3 Å². The van der Waals surface area contributed by atoms with Gasteiger partial charge in [-0.1, -0.05) is 18.2 Å². The van der Waals surface area contributed by atoms with Crippen molar-refractivity contribution in [2.24, 2.45) is 11.1 Å². The van der Waals surface area contributed by atoms with E-state index in [1.807, 2.05) is 6.07 Å². The molecule has 1 fully saturated rings. The minimum absolute atomic E-state index is 0.0324. The minimum Gasteiger partial charge on any atom is -0.481 e. The first-order chi connectivity index (χ1) is 18.2. The molecule has 0 atom stereocenters. The summed E-state index contributed by atoms with van der Waals surface area (Å²) in [5.74, 6) is -1.32. The number of benzene rings is 2. The van der Waals surface area contributed by atoms with Gasteiger partial charge in [-0.2, -0.15) is 0 Å². The Labute approximate surface area is 216 Å². The summed E-state index contributed by atoms with van der Waals surface area (Å²) in [6.45, 7) is 1.48. The zero-order chi connectivity index (χ0) is 27.3. The number of nitrogens with two attached hydrogens (primary N) is 2. The summed E-state index contributed by atoms with van der Waals surface area (Å²) < 4.78 is 24.6. The Morgan fingerprint density at radius 2 is 1.71 bits per heavy atom. The van der Waals surface area contributed by atoms with Gasteiger partial charge >= 0.3 is 5.97 Å². The Morgan fingerprint density at radius 3 is 2.26 bits per heavy atom. The van der Waals surface area contributed by atoms with Crippen LogP contribution < -0.4 is 11.5 Å². The van der Waals surface area contributed by atoms with E-state index in [-0.39, 0.29) is 30.9 Å². The van der Waals surface area contributed by atoms with Gasteiger partial charge < -0.3 is 31.0 Å². The molecule has 38 heavy (non-hydrogen) atoms. The van der Waals surface area contributed by atoms with E-state index in [1.54, 1.807) is 49.4 Å². The second-order valence-electron chi connectivity index (χ2n) is 8.70. The van der Waals surface area contributed by atoms with Crippen LogP contribution in [-0.4, -0.2) is 50.1 Å². The highest BCUT2D eigenvalue weighted by Gasteiger charge is 2.41.